The molecular weight excluding hydrogens is 356 g/mol. The van der Waals surface area contributed by atoms with Gasteiger partial charge < -0.3 is 19.7 Å². The number of nitrogens with one attached hydrogen (secondary N) is 1. The van der Waals surface area contributed by atoms with Crippen LogP contribution in [0.4, 0.5) is 11.4 Å². The maximum atomic E-state index is 12.7. The summed E-state index contributed by atoms with van der Waals surface area (Å²) in [4.78, 5) is 26.9. The van der Waals surface area contributed by atoms with Crippen molar-refractivity contribution < 1.29 is 19.1 Å². The number of benzene rings is 2. The largest absolute Gasteiger partial charge is 0.494 e. The van der Waals surface area contributed by atoms with Crippen LogP contribution >= 0.6 is 0 Å². The molecule has 0 aliphatic carbocycles. The summed E-state index contributed by atoms with van der Waals surface area (Å²) in [6.07, 6.45) is 0.177. The van der Waals surface area contributed by atoms with Gasteiger partial charge in [0.1, 0.15) is 11.5 Å². The number of rotatable bonds is 7. The molecule has 1 N–H and O–H groups in total. The van der Waals surface area contributed by atoms with E-state index in [1.165, 1.54) is 0 Å². The molecule has 1 unspecified atom stereocenters. The minimum absolute atomic E-state index is 0.00221. The van der Waals surface area contributed by atoms with Crippen molar-refractivity contribution in [2.24, 2.45) is 5.92 Å². The van der Waals surface area contributed by atoms with Crippen LogP contribution in [0.25, 0.3) is 0 Å². The molecule has 0 saturated carbocycles. The standard InChI is InChI=1S/C22H26N2O4/c1-4-27-18-11-9-17(10-12-18)23-22(26)16-13-21(25)24(14-16)19-7-5-6-8-20(19)28-15(2)3/h5-12,15-16H,4,13-14H2,1-3H3,(H,23,26). The van der Waals surface area contributed by atoms with Gasteiger partial charge in [0, 0.05) is 18.7 Å². The Kier molecular flexibility index (Phi) is 6.19. The summed E-state index contributed by atoms with van der Waals surface area (Å²) in [5.74, 6) is 0.753. The van der Waals surface area contributed by atoms with Gasteiger partial charge in [-0.2, -0.15) is 0 Å². The van der Waals surface area contributed by atoms with Gasteiger partial charge in [-0.25, -0.2) is 0 Å². The van der Waals surface area contributed by atoms with E-state index in [0.29, 0.717) is 30.3 Å². The molecule has 1 heterocycles. The molecule has 1 fully saturated rings. The van der Waals surface area contributed by atoms with Gasteiger partial charge >= 0.3 is 0 Å². The highest BCUT2D eigenvalue weighted by Crippen LogP contribution is 2.34. The van der Waals surface area contributed by atoms with Gasteiger partial charge in [0.05, 0.1) is 24.3 Å². The Hall–Kier alpha value is -3.02. The Morgan fingerprint density at radius 3 is 2.57 bits per heavy atom. The van der Waals surface area contributed by atoms with Crippen molar-refractivity contribution in [3.63, 3.8) is 0 Å². The number of carbonyl (C=O) groups excluding carboxylic acids is 2. The van der Waals surface area contributed by atoms with E-state index in [0.717, 1.165) is 5.75 Å². The maximum Gasteiger partial charge on any atom is 0.229 e. The molecule has 0 bridgehead atoms. The molecule has 6 heteroatoms. The molecule has 28 heavy (non-hydrogen) atoms. The zero-order valence-electron chi connectivity index (χ0n) is 16.5. The Morgan fingerprint density at radius 2 is 1.89 bits per heavy atom. The topological polar surface area (TPSA) is 67.9 Å². The number of nitrogens with zero attached hydrogens (tertiary/aromatic N) is 1. The van der Waals surface area contributed by atoms with E-state index < -0.39 is 5.92 Å². The van der Waals surface area contributed by atoms with E-state index in [1.807, 2.05) is 57.2 Å². The Balaban J connectivity index is 1.68. The van der Waals surface area contributed by atoms with Gasteiger partial charge in [0.25, 0.3) is 0 Å². The van der Waals surface area contributed by atoms with Crippen LogP contribution in [0.2, 0.25) is 0 Å². The number of carbonyl (C=O) groups is 2. The van der Waals surface area contributed by atoms with Crippen LogP contribution in [0.1, 0.15) is 27.2 Å². The van der Waals surface area contributed by atoms with E-state index in [-0.39, 0.29) is 24.3 Å². The number of anilines is 2. The normalized spacial score (nSPS) is 16.4. The third-order valence-corrected chi connectivity index (χ3v) is 4.45. The lowest BCUT2D eigenvalue weighted by Gasteiger charge is -2.21. The second kappa shape index (κ2) is 8.78. The monoisotopic (exact) mass is 382 g/mol. The summed E-state index contributed by atoms with van der Waals surface area (Å²) < 4.78 is 11.2. The van der Waals surface area contributed by atoms with Gasteiger partial charge in [0.2, 0.25) is 11.8 Å². The van der Waals surface area contributed by atoms with Crippen molar-refractivity contribution >= 4 is 23.2 Å². The lowest BCUT2D eigenvalue weighted by atomic mass is 10.1. The van der Waals surface area contributed by atoms with Crippen molar-refractivity contribution in [1.82, 2.24) is 0 Å². The predicted octanol–water partition coefficient (Wildman–Crippen LogP) is 3.86. The van der Waals surface area contributed by atoms with E-state index >= 15 is 0 Å². The second-order valence-corrected chi connectivity index (χ2v) is 6.99. The summed E-state index contributed by atoms with van der Waals surface area (Å²) in [5, 5.41) is 2.89. The molecular formula is C22H26N2O4. The maximum absolute atomic E-state index is 12.7. The quantitative estimate of drug-likeness (QED) is 0.789. The molecule has 2 aromatic carbocycles. The molecule has 148 valence electrons. The Labute approximate surface area is 165 Å². The molecule has 0 aromatic heterocycles. The highest BCUT2D eigenvalue weighted by Gasteiger charge is 2.36. The number of hydrogen-bond donors (Lipinski definition) is 1. The molecule has 2 amide bonds. The first-order valence-corrected chi connectivity index (χ1v) is 9.57. The van der Waals surface area contributed by atoms with Crippen LogP contribution in [0, 0.1) is 5.92 Å². The fourth-order valence-corrected chi connectivity index (χ4v) is 3.20. The molecule has 1 saturated heterocycles. The fraction of sp³-hybridized carbons (Fsp3) is 0.364. The molecule has 1 atom stereocenters. The summed E-state index contributed by atoms with van der Waals surface area (Å²) >= 11 is 0. The van der Waals surface area contributed by atoms with Crippen LogP contribution < -0.4 is 19.7 Å². The van der Waals surface area contributed by atoms with Gasteiger partial charge in [-0.05, 0) is 57.2 Å². The van der Waals surface area contributed by atoms with Gasteiger partial charge in [-0.3, -0.25) is 9.59 Å². The molecule has 0 spiro atoms. The first-order chi connectivity index (χ1) is 13.5. The van der Waals surface area contributed by atoms with E-state index in [9.17, 15) is 9.59 Å². The molecule has 1 aliphatic heterocycles. The highest BCUT2D eigenvalue weighted by molar-refractivity contribution is 6.04. The minimum Gasteiger partial charge on any atom is -0.494 e. The average Bonchev–Trinajstić information content (AvgIpc) is 3.05. The first kappa shape index (κ1) is 19.7. The summed E-state index contributed by atoms with van der Waals surface area (Å²) in [6, 6.07) is 14.6. The third-order valence-electron chi connectivity index (χ3n) is 4.45. The Morgan fingerprint density at radius 1 is 1.18 bits per heavy atom. The molecule has 6 nitrogen and oxygen atoms in total. The fourth-order valence-electron chi connectivity index (χ4n) is 3.20. The third kappa shape index (κ3) is 4.63. The minimum atomic E-state index is -0.411. The van der Waals surface area contributed by atoms with Gasteiger partial charge in [0.15, 0.2) is 0 Å². The number of hydrogen-bond acceptors (Lipinski definition) is 4. The molecule has 1 aliphatic rings. The predicted molar refractivity (Wildman–Crippen MR) is 109 cm³/mol. The number of ether oxygens (including phenoxy) is 2. The van der Waals surface area contributed by atoms with Gasteiger partial charge in [-0.15, -0.1) is 0 Å². The average molecular weight is 382 g/mol. The second-order valence-electron chi connectivity index (χ2n) is 6.99. The van der Waals surface area contributed by atoms with E-state index in [2.05, 4.69) is 5.32 Å². The first-order valence-electron chi connectivity index (χ1n) is 9.57. The van der Waals surface area contributed by atoms with Crippen LogP contribution in [-0.2, 0) is 9.59 Å². The summed E-state index contributed by atoms with van der Waals surface area (Å²) in [5.41, 5.74) is 1.39. The van der Waals surface area contributed by atoms with Crippen molar-refractivity contribution in [3.8, 4) is 11.5 Å². The molecule has 3 rings (SSSR count). The number of para-hydroxylation sites is 2. The number of amides is 2. The van der Waals surface area contributed by atoms with Crippen molar-refractivity contribution in [2.45, 2.75) is 33.3 Å². The lowest BCUT2D eigenvalue weighted by molar-refractivity contribution is -0.122. The zero-order valence-corrected chi connectivity index (χ0v) is 16.5. The molecule has 0 radical (unpaired) electrons. The van der Waals surface area contributed by atoms with Crippen LogP contribution in [0.5, 0.6) is 11.5 Å². The molecule has 2 aromatic rings. The van der Waals surface area contributed by atoms with Crippen molar-refractivity contribution in [2.75, 3.05) is 23.4 Å². The van der Waals surface area contributed by atoms with E-state index in [1.54, 1.807) is 17.0 Å². The lowest BCUT2D eigenvalue weighted by Crippen LogP contribution is -2.28. The van der Waals surface area contributed by atoms with Crippen LogP contribution in [0.15, 0.2) is 48.5 Å². The van der Waals surface area contributed by atoms with Gasteiger partial charge in [-0.1, -0.05) is 12.1 Å². The Bertz CT molecular complexity index is 833. The zero-order chi connectivity index (χ0) is 20.1. The van der Waals surface area contributed by atoms with Crippen molar-refractivity contribution in [3.05, 3.63) is 48.5 Å². The SMILES string of the molecule is CCOc1ccc(NC(=O)C2CC(=O)N(c3ccccc3OC(C)C)C2)cc1. The summed E-state index contributed by atoms with van der Waals surface area (Å²) in [6.45, 7) is 6.72. The highest BCUT2D eigenvalue weighted by atomic mass is 16.5. The smallest absolute Gasteiger partial charge is 0.229 e. The van der Waals surface area contributed by atoms with Crippen molar-refractivity contribution in [1.29, 1.82) is 0 Å². The van der Waals surface area contributed by atoms with Crippen LogP contribution in [-0.4, -0.2) is 31.1 Å². The van der Waals surface area contributed by atoms with Crippen LogP contribution in [0.3, 0.4) is 0 Å². The van der Waals surface area contributed by atoms with E-state index in [4.69, 9.17) is 9.47 Å². The summed E-state index contributed by atoms with van der Waals surface area (Å²) in [7, 11) is 0.